The Bertz CT molecular complexity index is 507. The third-order valence-corrected chi connectivity index (χ3v) is 3.14. The summed E-state index contributed by atoms with van der Waals surface area (Å²) >= 11 is 0. The Hall–Kier alpha value is -1.81. The molecule has 0 aliphatic carbocycles. The van der Waals surface area contributed by atoms with E-state index >= 15 is 0 Å². The summed E-state index contributed by atoms with van der Waals surface area (Å²) < 4.78 is 7.42. The SMILES string of the molecule is CNC(Cc1ccccc1OC)c1nccn1C. The van der Waals surface area contributed by atoms with Gasteiger partial charge in [0.25, 0.3) is 0 Å². The van der Waals surface area contributed by atoms with Crippen LogP contribution in [0.2, 0.25) is 0 Å². The van der Waals surface area contributed by atoms with E-state index in [1.807, 2.05) is 49.3 Å². The zero-order chi connectivity index (χ0) is 13.0. The fourth-order valence-corrected chi connectivity index (χ4v) is 2.13. The molecule has 1 atom stereocenters. The molecule has 1 N–H and O–H groups in total. The number of hydrogen-bond acceptors (Lipinski definition) is 3. The normalized spacial score (nSPS) is 12.4. The van der Waals surface area contributed by atoms with Gasteiger partial charge < -0.3 is 14.6 Å². The predicted molar refractivity (Wildman–Crippen MR) is 71.7 cm³/mol. The van der Waals surface area contributed by atoms with Crippen molar-refractivity contribution in [3.05, 3.63) is 48.0 Å². The number of aryl methyl sites for hydroxylation is 1. The maximum absolute atomic E-state index is 5.38. The summed E-state index contributed by atoms with van der Waals surface area (Å²) in [6.45, 7) is 0. The Kier molecular flexibility index (Phi) is 3.99. The first-order valence-electron chi connectivity index (χ1n) is 6.02. The van der Waals surface area contributed by atoms with Crippen LogP contribution in [0.25, 0.3) is 0 Å². The van der Waals surface area contributed by atoms with Gasteiger partial charge >= 0.3 is 0 Å². The fraction of sp³-hybridized carbons (Fsp3) is 0.357. The summed E-state index contributed by atoms with van der Waals surface area (Å²) in [7, 11) is 5.66. The number of rotatable bonds is 5. The van der Waals surface area contributed by atoms with E-state index in [2.05, 4.69) is 16.4 Å². The Morgan fingerprint density at radius 1 is 1.39 bits per heavy atom. The number of likely N-dealkylation sites (N-methyl/N-ethyl adjacent to an activating group) is 1. The second-order valence-corrected chi connectivity index (χ2v) is 4.25. The van der Waals surface area contributed by atoms with Crippen LogP contribution < -0.4 is 10.1 Å². The highest BCUT2D eigenvalue weighted by Gasteiger charge is 2.16. The maximum atomic E-state index is 5.38. The molecular formula is C14H19N3O. The van der Waals surface area contributed by atoms with Crippen LogP contribution in [-0.2, 0) is 13.5 Å². The molecule has 18 heavy (non-hydrogen) atoms. The van der Waals surface area contributed by atoms with Gasteiger partial charge in [-0.15, -0.1) is 0 Å². The van der Waals surface area contributed by atoms with Crippen molar-refractivity contribution in [2.24, 2.45) is 7.05 Å². The van der Waals surface area contributed by atoms with Crippen molar-refractivity contribution in [1.29, 1.82) is 0 Å². The first kappa shape index (κ1) is 12.6. The second-order valence-electron chi connectivity index (χ2n) is 4.25. The van der Waals surface area contributed by atoms with E-state index in [1.165, 1.54) is 5.56 Å². The monoisotopic (exact) mass is 245 g/mol. The lowest BCUT2D eigenvalue weighted by atomic mass is 10.0. The Balaban J connectivity index is 2.23. The van der Waals surface area contributed by atoms with Crippen molar-refractivity contribution in [3.8, 4) is 5.75 Å². The molecule has 0 saturated carbocycles. The number of imidazole rings is 1. The third kappa shape index (κ3) is 2.54. The maximum Gasteiger partial charge on any atom is 0.125 e. The smallest absolute Gasteiger partial charge is 0.125 e. The molecule has 2 aromatic rings. The first-order valence-corrected chi connectivity index (χ1v) is 6.02. The minimum Gasteiger partial charge on any atom is -0.496 e. The van der Waals surface area contributed by atoms with Crippen molar-refractivity contribution < 1.29 is 4.74 Å². The molecule has 0 saturated heterocycles. The van der Waals surface area contributed by atoms with Gasteiger partial charge in [0.1, 0.15) is 11.6 Å². The lowest BCUT2D eigenvalue weighted by Crippen LogP contribution is -2.22. The highest BCUT2D eigenvalue weighted by Crippen LogP contribution is 2.23. The summed E-state index contributed by atoms with van der Waals surface area (Å²) in [5, 5.41) is 3.31. The summed E-state index contributed by atoms with van der Waals surface area (Å²) in [4.78, 5) is 4.40. The predicted octanol–water partition coefficient (Wildman–Crippen LogP) is 1.93. The molecule has 1 heterocycles. The van der Waals surface area contributed by atoms with Gasteiger partial charge in [-0.2, -0.15) is 0 Å². The fourth-order valence-electron chi connectivity index (χ4n) is 2.13. The zero-order valence-corrected chi connectivity index (χ0v) is 11.1. The van der Waals surface area contributed by atoms with Crippen LogP contribution in [0.3, 0.4) is 0 Å². The van der Waals surface area contributed by atoms with Crippen LogP contribution in [0.5, 0.6) is 5.75 Å². The summed E-state index contributed by atoms with van der Waals surface area (Å²) in [6, 6.07) is 8.27. The average molecular weight is 245 g/mol. The molecule has 2 rings (SSSR count). The molecule has 0 bridgehead atoms. The number of aromatic nitrogens is 2. The number of hydrogen-bond donors (Lipinski definition) is 1. The molecule has 1 unspecified atom stereocenters. The zero-order valence-electron chi connectivity index (χ0n) is 11.1. The van der Waals surface area contributed by atoms with E-state index < -0.39 is 0 Å². The van der Waals surface area contributed by atoms with E-state index in [1.54, 1.807) is 7.11 Å². The van der Waals surface area contributed by atoms with Crippen molar-refractivity contribution in [1.82, 2.24) is 14.9 Å². The lowest BCUT2D eigenvalue weighted by Gasteiger charge is -2.17. The van der Waals surface area contributed by atoms with Crippen LogP contribution >= 0.6 is 0 Å². The minimum atomic E-state index is 0.182. The van der Waals surface area contributed by atoms with Crippen LogP contribution in [0.15, 0.2) is 36.7 Å². The quantitative estimate of drug-likeness (QED) is 0.875. The Morgan fingerprint density at radius 2 is 2.17 bits per heavy atom. The molecule has 1 aromatic heterocycles. The summed E-state index contributed by atoms with van der Waals surface area (Å²) in [6.07, 6.45) is 4.63. The second kappa shape index (κ2) is 5.69. The number of benzene rings is 1. The molecule has 0 amide bonds. The van der Waals surface area contributed by atoms with E-state index in [0.717, 1.165) is 18.0 Å². The van der Waals surface area contributed by atoms with E-state index in [0.29, 0.717) is 0 Å². The topological polar surface area (TPSA) is 39.1 Å². The van der Waals surface area contributed by atoms with Gasteiger partial charge in [0.15, 0.2) is 0 Å². The van der Waals surface area contributed by atoms with Crippen molar-refractivity contribution in [3.63, 3.8) is 0 Å². The third-order valence-electron chi connectivity index (χ3n) is 3.14. The van der Waals surface area contributed by atoms with Gasteiger partial charge in [0, 0.05) is 19.4 Å². The van der Waals surface area contributed by atoms with Crippen LogP contribution in [0, 0.1) is 0 Å². The highest BCUT2D eigenvalue weighted by atomic mass is 16.5. The number of nitrogens with zero attached hydrogens (tertiary/aromatic N) is 2. The molecule has 0 fully saturated rings. The van der Waals surface area contributed by atoms with Gasteiger partial charge in [-0.25, -0.2) is 4.98 Å². The molecule has 4 heteroatoms. The summed E-state index contributed by atoms with van der Waals surface area (Å²) in [5.41, 5.74) is 1.18. The first-order chi connectivity index (χ1) is 8.76. The molecule has 0 aliphatic heterocycles. The van der Waals surface area contributed by atoms with Crippen molar-refractivity contribution >= 4 is 0 Å². The van der Waals surface area contributed by atoms with Gasteiger partial charge in [0.05, 0.1) is 13.2 Å². The lowest BCUT2D eigenvalue weighted by molar-refractivity contribution is 0.405. The van der Waals surface area contributed by atoms with Gasteiger partial charge in [-0.1, -0.05) is 18.2 Å². The molecule has 1 aromatic carbocycles. The largest absolute Gasteiger partial charge is 0.496 e. The molecular weight excluding hydrogens is 226 g/mol. The molecule has 0 aliphatic rings. The van der Waals surface area contributed by atoms with Gasteiger partial charge in [0.2, 0.25) is 0 Å². The Morgan fingerprint density at radius 3 is 2.78 bits per heavy atom. The van der Waals surface area contributed by atoms with Crippen LogP contribution in [0.1, 0.15) is 17.4 Å². The molecule has 0 spiro atoms. The van der Waals surface area contributed by atoms with E-state index in [-0.39, 0.29) is 6.04 Å². The van der Waals surface area contributed by atoms with Gasteiger partial charge in [-0.05, 0) is 25.1 Å². The summed E-state index contributed by atoms with van der Waals surface area (Å²) in [5.74, 6) is 1.95. The Labute approximate surface area is 108 Å². The highest BCUT2D eigenvalue weighted by molar-refractivity contribution is 5.34. The number of nitrogens with one attached hydrogen (secondary N) is 1. The van der Waals surface area contributed by atoms with Gasteiger partial charge in [-0.3, -0.25) is 0 Å². The van der Waals surface area contributed by atoms with Crippen molar-refractivity contribution in [2.45, 2.75) is 12.5 Å². The van der Waals surface area contributed by atoms with Crippen LogP contribution in [0.4, 0.5) is 0 Å². The van der Waals surface area contributed by atoms with Crippen LogP contribution in [-0.4, -0.2) is 23.7 Å². The van der Waals surface area contributed by atoms with E-state index in [9.17, 15) is 0 Å². The number of ether oxygens (including phenoxy) is 1. The standard InChI is InChI=1S/C14H19N3O/c1-15-12(14-16-8-9-17(14)2)10-11-6-4-5-7-13(11)18-3/h4-9,12,15H,10H2,1-3H3. The minimum absolute atomic E-state index is 0.182. The number of para-hydroxylation sites is 1. The van der Waals surface area contributed by atoms with E-state index in [4.69, 9.17) is 4.74 Å². The number of methoxy groups -OCH3 is 1. The molecule has 96 valence electrons. The average Bonchev–Trinajstić information content (AvgIpc) is 2.82. The molecule has 4 nitrogen and oxygen atoms in total. The van der Waals surface area contributed by atoms with Crippen molar-refractivity contribution in [2.75, 3.05) is 14.2 Å². The molecule has 0 radical (unpaired) electrons.